The molecule has 0 N–H and O–H groups in total. The maximum atomic E-state index is 6.91. The molecule has 5 aromatic carbocycles. The second-order valence-corrected chi connectivity index (χ2v) is 16.8. The number of ether oxygens (including phenoxy) is 1. The molecule has 5 heteroatoms. The molecule has 0 aliphatic heterocycles. The maximum Gasteiger partial charge on any atom is 0.137 e. The second kappa shape index (κ2) is 15.3. The predicted octanol–water partition coefficient (Wildman–Crippen LogP) is 13.6. The highest BCUT2D eigenvalue weighted by molar-refractivity contribution is 6.09. The van der Waals surface area contributed by atoms with Gasteiger partial charge in [-0.3, -0.25) is 4.57 Å². The normalized spacial score (nSPS) is 15.9. The summed E-state index contributed by atoms with van der Waals surface area (Å²) in [5.74, 6) is 2.99. The van der Waals surface area contributed by atoms with Gasteiger partial charge in [0.25, 0.3) is 0 Å². The first-order valence-corrected chi connectivity index (χ1v) is 20.9. The van der Waals surface area contributed by atoms with Crippen molar-refractivity contribution in [3.05, 3.63) is 185 Å². The lowest BCUT2D eigenvalue weighted by Crippen LogP contribution is -2.19. The van der Waals surface area contributed by atoms with Gasteiger partial charge in [0.2, 0.25) is 0 Å². The summed E-state index contributed by atoms with van der Waals surface area (Å²) < 4.78 is 11.4. The van der Waals surface area contributed by atoms with Gasteiger partial charge in [-0.1, -0.05) is 120 Å². The summed E-state index contributed by atoms with van der Waals surface area (Å²) in [6.07, 6.45) is 8.24. The Kier molecular flexibility index (Phi) is 9.85. The molecule has 0 radical (unpaired) electrons. The van der Waals surface area contributed by atoms with E-state index in [2.05, 4.69) is 184 Å². The van der Waals surface area contributed by atoms with Crippen molar-refractivity contribution in [1.29, 1.82) is 0 Å². The fraction of sp³-hybridized carbons (Fsp3) is 0.245. The van der Waals surface area contributed by atoms with E-state index in [4.69, 9.17) is 14.8 Å². The summed E-state index contributed by atoms with van der Waals surface area (Å²) in [5.41, 5.74) is 13.3. The summed E-state index contributed by atoms with van der Waals surface area (Å²) in [4.78, 5) is 4.80. The number of para-hydroxylation sites is 1. The number of rotatable bonds is 9. The molecular weight excluding hydrogens is 709 g/mol. The molecule has 2 atom stereocenters. The Morgan fingerprint density at radius 1 is 0.724 bits per heavy atom. The van der Waals surface area contributed by atoms with Crippen LogP contribution in [-0.2, 0) is 18.3 Å². The van der Waals surface area contributed by atoms with Gasteiger partial charge >= 0.3 is 0 Å². The molecule has 0 amide bonds. The molecule has 3 aromatic heterocycles. The molecule has 1 aliphatic rings. The maximum absolute atomic E-state index is 6.91. The van der Waals surface area contributed by atoms with Crippen molar-refractivity contribution in [3.63, 3.8) is 0 Å². The van der Waals surface area contributed by atoms with Crippen molar-refractivity contribution in [2.24, 2.45) is 0 Å². The van der Waals surface area contributed by atoms with E-state index in [0.717, 1.165) is 65.4 Å². The van der Waals surface area contributed by atoms with Crippen LogP contribution >= 0.6 is 0 Å². The van der Waals surface area contributed by atoms with E-state index in [-0.39, 0.29) is 11.3 Å². The van der Waals surface area contributed by atoms with Crippen molar-refractivity contribution < 1.29 is 4.74 Å². The first-order chi connectivity index (χ1) is 28.2. The van der Waals surface area contributed by atoms with Crippen molar-refractivity contribution in [2.75, 3.05) is 0 Å². The average Bonchev–Trinajstić information content (AvgIpc) is 3.79. The summed E-state index contributed by atoms with van der Waals surface area (Å²) in [7, 11) is 0. The van der Waals surface area contributed by atoms with E-state index >= 15 is 0 Å². The third-order valence-electron chi connectivity index (χ3n) is 12.0. The van der Waals surface area contributed by atoms with E-state index in [9.17, 15) is 0 Å². The Balaban J connectivity index is 1.19. The van der Waals surface area contributed by atoms with Gasteiger partial charge in [-0.05, 0) is 114 Å². The Bertz CT molecular complexity index is 2780. The quantitative estimate of drug-likeness (QED) is 0.147. The predicted molar refractivity (Wildman–Crippen MR) is 240 cm³/mol. The number of hydrogen-bond acceptors (Lipinski definition) is 3. The summed E-state index contributed by atoms with van der Waals surface area (Å²) in [6.45, 7) is 13.5. The van der Waals surface area contributed by atoms with Crippen LogP contribution in [0, 0.1) is 6.92 Å². The molecule has 0 saturated heterocycles. The lowest BCUT2D eigenvalue weighted by Gasteiger charge is -2.34. The Morgan fingerprint density at radius 2 is 1.47 bits per heavy atom. The number of pyridine rings is 1. The molecule has 3 heterocycles. The van der Waals surface area contributed by atoms with Crippen molar-refractivity contribution >= 4 is 27.4 Å². The standard InChI is InChI=1S/C53H52N4O/c1-7-46-52(51-42(36-18-11-9-12-19-36)23-17-24-43(51)37-20-13-10-14-21-37)47(8-2)57(55-46)39-31-38(53(4,5)6)32-41(33-39)58-40-26-27-45-44-22-15-16-25-48(44)56(49(45)34-40)50-30-35(3)28-29-54-50/h9-16,18-23,25-34,43,51H,7-8,17,24H2,1-6H3/t43-,51?/m1/s1. The monoisotopic (exact) mass is 760 g/mol. The lowest BCUT2D eigenvalue weighted by atomic mass is 9.69. The lowest BCUT2D eigenvalue weighted by molar-refractivity contribution is 0.478. The number of aryl methyl sites for hydroxylation is 2. The van der Waals surface area contributed by atoms with Crippen LogP contribution in [0.25, 0.3) is 38.9 Å². The fourth-order valence-electron chi connectivity index (χ4n) is 9.20. The van der Waals surface area contributed by atoms with E-state index in [1.165, 1.54) is 49.9 Å². The largest absolute Gasteiger partial charge is 0.457 e. The zero-order valence-corrected chi connectivity index (χ0v) is 34.5. The van der Waals surface area contributed by atoms with E-state index < -0.39 is 0 Å². The van der Waals surface area contributed by atoms with Crippen LogP contribution in [0.1, 0.15) is 98.5 Å². The van der Waals surface area contributed by atoms with Crippen LogP contribution in [-0.4, -0.2) is 19.3 Å². The minimum absolute atomic E-state index is 0.123. The SMILES string of the molecule is CCc1nn(-c2cc(Oc3ccc4c5ccccc5n(-c5cc(C)ccn5)c4c3)cc(C(C)(C)C)c2)c(CC)c1C1C(c2ccccc2)=CCC[C@@H]1c1ccccc1. The minimum Gasteiger partial charge on any atom is -0.457 e. The van der Waals surface area contributed by atoms with Gasteiger partial charge in [0, 0.05) is 46.3 Å². The van der Waals surface area contributed by atoms with Crippen LogP contribution in [0.2, 0.25) is 0 Å². The van der Waals surface area contributed by atoms with Gasteiger partial charge in [-0.15, -0.1) is 0 Å². The van der Waals surface area contributed by atoms with E-state index in [1.54, 1.807) is 0 Å². The van der Waals surface area contributed by atoms with Crippen molar-refractivity contribution in [1.82, 2.24) is 19.3 Å². The van der Waals surface area contributed by atoms with E-state index in [1.807, 2.05) is 12.3 Å². The first kappa shape index (κ1) is 37.4. The summed E-state index contributed by atoms with van der Waals surface area (Å²) >= 11 is 0. The topological polar surface area (TPSA) is 44.9 Å². The highest BCUT2D eigenvalue weighted by Crippen LogP contribution is 2.51. The minimum atomic E-state index is -0.123. The molecule has 0 saturated carbocycles. The Hall–Kier alpha value is -6.20. The third-order valence-corrected chi connectivity index (χ3v) is 12.0. The average molecular weight is 761 g/mol. The van der Waals surface area contributed by atoms with Crippen LogP contribution < -0.4 is 4.74 Å². The van der Waals surface area contributed by atoms with Gasteiger partial charge < -0.3 is 4.74 Å². The number of benzene rings is 5. The molecule has 0 fully saturated rings. The Morgan fingerprint density at radius 3 is 2.21 bits per heavy atom. The smallest absolute Gasteiger partial charge is 0.137 e. The fourth-order valence-corrected chi connectivity index (χ4v) is 9.20. The van der Waals surface area contributed by atoms with Crippen molar-refractivity contribution in [3.8, 4) is 23.0 Å². The molecule has 5 nitrogen and oxygen atoms in total. The molecule has 0 spiro atoms. The molecule has 9 rings (SSSR count). The molecule has 1 aliphatic carbocycles. The number of hydrogen-bond donors (Lipinski definition) is 0. The van der Waals surface area contributed by atoms with Crippen LogP contribution in [0.15, 0.2) is 146 Å². The van der Waals surface area contributed by atoms with Crippen LogP contribution in [0.4, 0.5) is 0 Å². The number of aromatic nitrogens is 4. The molecule has 0 bridgehead atoms. The Labute approximate surface area is 342 Å². The van der Waals surface area contributed by atoms with Gasteiger partial charge in [0.15, 0.2) is 0 Å². The van der Waals surface area contributed by atoms with Crippen LogP contribution in [0.5, 0.6) is 11.5 Å². The number of fused-ring (bicyclic) bond motifs is 3. The molecule has 8 aromatic rings. The summed E-state index contributed by atoms with van der Waals surface area (Å²) in [5, 5.41) is 7.87. The van der Waals surface area contributed by atoms with E-state index in [0.29, 0.717) is 5.92 Å². The number of nitrogens with zero attached hydrogens (tertiary/aromatic N) is 4. The van der Waals surface area contributed by atoms with Gasteiger partial charge in [0.1, 0.15) is 17.3 Å². The van der Waals surface area contributed by atoms with Gasteiger partial charge in [0.05, 0.1) is 22.4 Å². The zero-order chi connectivity index (χ0) is 40.0. The van der Waals surface area contributed by atoms with Gasteiger partial charge in [-0.25, -0.2) is 9.67 Å². The molecule has 1 unspecified atom stereocenters. The first-order valence-electron chi connectivity index (χ1n) is 20.9. The van der Waals surface area contributed by atoms with Crippen molar-refractivity contribution in [2.45, 2.75) is 84.5 Å². The van der Waals surface area contributed by atoms with Crippen LogP contribution in [0.3, 0.4) is 0 Å². The highest BCUT2D eigenvalue weighted by Gasteiger charge is 2.36. The second-order valence-electron chi connectivity index (χ2n) is 16.8. The summed E-state index contributed by atoms with van der Waals surface area (Å²) in [6, 6.07) is 48.0. The molecule has 290 valence electrons. The number of allylic oxidation sites excluding steroid dienone is 2. The molecule has 58 heavy (non-hydrogen) atoms. The highest BCUT2D eigenvalue weighted by atomic mass is 16.5. The third kappa shape index (κ3) is 6.83. The zero-order valence-electron chi connectivity index (χ0n) is 34.5. The molecular formula is C53H52N4O. The van der Waals surface area contributed by atoms with Gasteiger partial charge in [-0.2, -0.15) is 5.10 Å².